The van der Waals surface area contributed by atoms with Crippen molar-refractivity contribution in [1.82, 2.24) is 5.32 Å². The zero-order chi connectivity index (χ0) is 15.9. The van der Waals surface area contributed by atoms with Crippen LogP contribution in [0.15, 0.2) is 42.5 Å². The lowest BCUT2D eigenvalue weighted by Gasteiger charge is -2.10. The van der Waals surface area contributed by atoms with E-state index in [0.717, 1.165) is 11.3 Å². The van der Waals surface area contributed by atoms with Gasteiger partial charge in [0.05, 0.1) is 18.7 Å². The van der Waals surface area contributed by atoms with Gasteiger partial charge in [-0.2, -0.15) is 5.26 Å². The van der Waals surface area contributed by atoms with E-state index in [-0.39, 0.29) is 5.91 Å². The van der Waals surface area contributed by atoms with Gasteiger partial charge in [0.1, 0.15) is 5.75 Å². The number of benzene rings is 2. The number of hydrogen-bond acceptors (Lipinski definition) is 3. The molecule has 2 rings (SSSR count). The molecular formula is C17H15ClN2O2. The molecule has 0 unspecified atom stereocenters. The minimum Gasteiger partial charge on any atom is -0.496 e. The quantitative estimate of drug-likeness (QED) is 0.922. The van der Waals surface area contributed by atoms with Crippen LogP contribution in [0.1, 0.15) is 21.5 Å². The van der Waals surface area contributed by atoms with Gasteiger partial charge in [-0.25, -0.2) is 0 Å². The predicted octanol–water partition coefficient (Wildman–Crippen LogP) is 3.19. The summed E-state index contributed by atoms with van der Waals surface area (Å²) in [6.45, 7) is 0.451. The van der Waals surface area contributed by atoms with Gasteiger partial charge in [0, 0.05) is 17.1 Å². The fraction of sp³-hybridized carbons (Fsp3) is 0.176. The van der Waals surface area contributed by atoms with Gasteiger partial charge < -0.3 is 10.1 Å². The predicted molar refractivity (Wildman–Crippen MR) is 85.2 cm³/mol. The number of ether oxygens (including phenoxy) is 1. The number of halogens is 1. The Morgan fingerprint density at radius 2 is 2.14 bits per heavy atom. The molecule has 0 fully saturated rings. The number of nitrogens with zero attached hydrogens (tertiary/aromatic N) is 1. The van der Waals surface area contributed by atoms with E-state index in [1.54, 1.807) is 43.5 Å². The first kappa shape index (κ1) is 15.9. The van der Waals surface area contributed by atoms with E-state index in [1.807, 2.05) is 12.1 Å². The lowest BCUT2D eigenvalue weighted by Crippen LogP contribution is -2.25. The van der Waals surface area contributed by atoms with Gasteiger partial charge in [-0.3, -0.25) is 4.79 Å². The highest BCUT2D eigenvalue weighted by Gasteiger charge is 2.08. The van der Waals surface area contributed by atoms with E-state index in [2.05, 4.69) is 5.32 Å². The maximum atomic E-state index is 12.0. The summed E-state index contributed by atoms with van der Waals surface area (Å²) in [6, 6.07) is 14.0. The zero-order valence-corrected chi connectivity index (χ0v) is 12.9. The molecule has 0 radical (unpaired) electrons. The molecule has 2 aromatic carbocycles. The summed E-state index contributed by atoms with van der Waals surface area (Å²) in [4.78, 5) is 12.0. The third-order valence-corrected chi connectivity index (χ3v) is 3.41. The van der Waals surface area contributed by atoms with E-state index in [0.29, 0.717) is 29.1 Å². The third kappa shape index (κ3) is 4.00. The Morgan fingerprint density at radius 3 is 2.86 bits per heavy atom. The maximum Gasteiger partial charge on any atom is 0.251 e. The van der Waals surface area contributed by atoms with Gasteiger partial charge in [-0.05, 0) is 48.4 Å². The Bertz CT molecular complexity index is 723. The van der Waals surface area contributed by atoms with Crippen LogP contribution in [0, 0.1) is 11.3 Å². The van der Waals surface area contributed by atoms with Gasteiger partial charge in [0.15, 0.2) is 0 Å². The highest BCUT2D eigenvalue weighted by atomic mass is 35.5. The Hall–Kier alpha value is -2.51. The molecule has 2 aromatic rings. The molecule has 112 valence electrons. The van der Waals surface area contributed by atoms with Crippen LogP contribution < -0.4 is 10.1 Å². The first-order chi connectivity index (χ1) is 10.6. The second-order valence-electron chi connectivity index (χ2n) is 4.65. The summed E-state index contributed by atoms with van der Waals surface area (Å²) >= 11 is 5.97. The summed E-state index contributed by atoms with van der Waals surface area (Å²) in [7, 11) is 1.60. The van der Waals surface area contributed by atoms with Crippen molar-refractivity contribution >= 4 is 17.5 Å². The lowest BCUT2D eigenvalue weighted by molar-refractivity contribution is 0.0954. The number of rotatable bonds is 5. The molecule has 0 aromatic heterocycles. The third-order valence-electron chi connectivity index (χ3n) is 3.18. The van der Waals surface area contributed by atoms with Crippen LogP contribution in [-0.4, -0.2) is 19.6 Å². The molecule has 0 saturated heterocycles. The first-order valence-electron chi connectivity index (χ1n) is 6.75. The number of nitriles is 1. The fourth-order valence-corrected chi connectivity index (χ4v) is 2.28. The standard InChI is InChI=1S/C17H15ClN2O2/c1-22-16-6-5-15(18)10-13(16)7-8-20-17(21)14-4-2-3-12(9-14)11-19/h2-6,9-10H,7-8H2,1H3,(H,20,21). The van der Waals surface area contributed by atoms with Crippen LogP contribution >= 0.6 is 11.6 Å². The van der Waals surface area contributed by atoms with Crippen molar-refractivity contribution in [1.29, 1.82) is 5.26 Å². The highest BCUT2D eigenvalue weighted by Crippen LogP contribution is 2.22. The molecule has 5 heteroatoms. The van der Waals surface area contributed by atoms with E-state index < -0.39 is 0 Å². The van der Waals surface area contributed by atoms with E-state index in [4.69, 9.17) is 21.6 Å². The molecule has 4 nitrogen and oxygen atoms in total. The van der Waals surface area contributed by atoms with Crippen LogP contribution in [0.2, 0.25) is 5.02 Å². The molecular weight excluding hydrogens is 300 g/mol. The summed E-state index contributed by atoms with van der Waals surface area (Å²) in [5.74, 6) is 0.531. The Balaban J connectivity index is 1.97. The molecule has 0 atom stereocenters. The number of amides is 1. The largest absolute Gasteiger partial charge is 0.496 e. The number of nitrogens with one attached hydrogen (secondary N) is 1. The van der Waals surface area contributed by atoms with Crippen molar-refractivity contribution in [2.75, 3.05) is 13.7 Å². The van der Waals surface area contributed by atoms with Crippen LogP contribution in [-0.2, 0) is 6.42 Å². The van der Waals surface area contributed by atoms with E-state index >= 15 is 0 Å². The van der Waals surface area contributed by atoms with Gasteiger partial charge in [-0.1, -0.05) is 17.7 Å². The van der Waals surface area contributed by atoms with Crippen molar-refractivity contribution in [2.45, 2.75) is 6.42 Å². The molecule has 22 heavy (non-hydrogen) atoms. The number of hydrogen-bond donors (Lipinski definition) is 1. The van der Waals surface area contributed by atoms with Crippen LogP contribution in [0.25, 0.3) is 0 Å². The molecule has 1 N–H and O–H groups in total. The Kier molecular flexibility index (Phi) is 5.40. The van der Waals surface area contributed by atoms with Crippen LogP contribution in [0.5, 0.6) is 5.75 Å². The van der Waals surface area contributed by atoms with Crippen molar-refractivity contribution in [3.63, 3.8) is 0 Å². The minimum atomic E-state index is -0.210. The first-order valence-corrected chi connectivity index (χ1v) is 7.12. The second kappa shape index (κ2) is 7.48. The SMILES string of the molecule is COc1ccc(Cl)cc1CCNC(=O)c1cccc(C#N)c1. The normalized spacial score (nSPS) is 9.86. The molecule has 0 aliphatic rings. The zero-order valence-electron chi connectivity index (χ0n) is 12.1. The van der Waals surface area contributed by atoms with Gasteiger partial charge in [0.2, 0.25) is 0 Å². The Morgan fingerprint density at radius 1 is 1.32 bits per heavy atom. The molecule has 0 spiro atoms. The van der Waals surface area contributed by atoms with Gasteiger partial charge >= 0.3 is 0 Å². The molecule has 0 heterocycles. The van der Waals surface area contributed by atoms with Crippen molar-refractivity contribution in [3.05, 3.63) is 64.2 Å². The molecule has 1 amide bonds. The minimum absolute atomic E-state index is 0.210. The van der Waals surface area contributed by atoms with Crippen molar-refractivity contribution in [2.24, 2.45) is 0 Å². The summed E-state index contributed by atoms with van der Waals surface area (Å²) in [6.07, 6.45) is 0.605. The maximum absolute atomic E-state index is 12.0. The topological polar surface area (TPSA) is 62.1 Å². The number of methoxy groups -OCH3 is 1. The lowest BCUT2D eigenvalue weighted by atomic mass is 10.1. The summed E-state index contributed by atoms with van der Waals surface area (Å²) in [5.41, 5.74) is 1.86. The average molecular weight is 315 g/mol. The van der Waals surface area contributed by atoms with Crippen LogP contribution in [0.4, 0.5) is 0 Å². The highest BCUT2D eigenvalue weighted by molar-refractivity contribution is 6.30. The number of carbonyl (C=O) groups excluding carboxylic acids is 1. The fourth-order valence-electron chi connectivity index (χ4n) is 2.09. The molecule has 0 bridgehead atoms. The van der Waals surface area contributed by atoms with Crippen LogP contribution in [0.3, 0.4) is 0 Å². The molecule has 0 aliphatic heterocycles. The Labute approximate surface area is 134 Å². The summed E-state index contributed by atoms with van der Waals surface area (Å²) < 4.78 is 5.27. The smallest absolute Gasteiger partial charge is 0.251 e. The van der Waals surface area contributed by atoms with Crippen molar-refractivity contribution in [3.8, 4) is 11.8 Å². The van der Waals surface area contributed by atoms with Gasteiger partial charge in [-0.15, -0.1) is 0 Å². The molecule has 0 aliphatic carbocycles. The van der Waals surface area contributed by atoms with E-state index in [1.165, 1.54) is 0 Å². The second-order valence-corrected chi connectivity index (χ2v) is 5.09. The van der Waals surface area contributed by atoms with Crippen molar-refractivity contribution < 1.29 is 9.53 Å². The van der Waals surface area contributed by atoms with E-state index in [9.17, 15) is 4.79 Å². The average Bonchev–Trinajstić information content (AvgIpc) is 2.55. The monoisotopic (exact) mass is 314 g/mol. The number of carbonyl (C=O) groups is 1. The summed E-state index contributed by atoms with van der Waals surface area (Å²) in [5, 5.41) is 12.3. The van der Waals surface area contributed by atoms with Gasteiger partial charge in [0.25, 0.3) is 5.91 Å². The molecule has 0 saturated carbocycles.